The summed E-state index contributed by atoms with van der Waals surface area (Å²) < 4.78 is 18.2. The summed E-state index contributed by atoms with van der Waals surface area (Å²) in [5.41, 5.74) is 2.44. The maximum Gasteiger partial charge on any atom is 0.325 e. The highest BCUT2D eigenvalue weighted by Crippen LogP contribution is 2.28. The Morgan fingerprint density at radius 2 is 1.76 bits per heavy atom. The first-order valence-electron chi connectivity index (χ1n) is 8.62. The highest BCUT2D eigenvalue weighted by Gasteiger charge is 2.18. The van der Waals surface area contributed by atoms with Crippen LogP contribution in [0.15, 0.2) is 42.5 Å². The van der Waals surface area contributed by atoms with E-state index in [0.29, 0.717) is 27.7 Å². The van der Waals surface area contributed by atoms with E-state index in [9.17, 15) is 14.0 Å². The highest BCUT2D eigenvalue weighted by molar-refractivity contribution is 7.17. The van der Waals surface area contributed by atoms with Gasteiger partial charge < -0.3 is 15.4 Å². The monoisotopic (exact) mass is 414 g/mol. The Kier molecular flexibility index (Phi) is 6.08. The molecule has 0 bridgehead atoms. The number of methoxy groups -OCH3 is 1. The number of carbonyl (C=O) groups excluding carboxylic acids is 2. The average Bonchev–Trinajstić information content (AvgIpc) is 3.04. The van der Waals surface area contributed by atoms with Crippen molar-refractivity contribution >= 4 is 39.8 Å². The van der Waals surface area contributed by atoms with Crippen LogP contribution in [0.25, 0.3) is 0 Å². The van der Waals surface area contributed by atoms with Gasteiger partial charge in [-0.25, -0.2) is 14.2 Å². The molecular formula is C20H19FN4O3S. The highest BCUT2D eigenvalue weighted by atomic mass is 32.1. The van der Waals surface area contributed by atoms with Crippen LogP contribution in [0.3, 0.4) is 0 Å². The topological polar surface area (TPSA) is 92.4 Å². The Labute approximate surface area is 170 Å². The predicted molar refractivity (Wildman–Crippen MR) is 112 cm³/mol. The van der Waals surface area contributed by atoms with Crippen LogP contribution in [0.5, 0.6) is 5.75 Å². The molecule has 3 rings (SSSR count). The minimum absolute atomic E-state index is 0.267. The smallest absolute Gasteiger partial charge is 0.325 e. The van der Waals surface area contributed by atoms with Crippen molar-refractivity contribution in [2.75, 3.05) is 23.1 Å². The fraction of sp³-hybridized carbons (Fsp3) is 0.150. The first-order valence-corrected chi connectivity index (χ1v) is 9.44. The minimum Gasteiger partial charge on any atom is -0.495 e. The van der Waals surface area contributed by atoms with Gasteiger partial charge in [0.05, 0.1) is 18.5 Å². The van der Waals surface area contributed by atoms with E-state index < -0.39 is 11.8 Å². The lowest BCUT2D eigenvalue weighted by atomic mass is 10.2. The van der Waals surface area contributed by atoms with Crippen molar-refractivity contribution in [1.82, 2.24) is 4.98 Å². The van der Waals surface area contributed by atoms with Crippen LogP contribution in [0.4, 0.5) is 25.7 Å². The van der Waals surface area contributed by atoms with Crippen molar-refractivity contribution in [3.05, 3.63) is 64.4 Å². The number of thiazole rings is 1. The number of urea groups is 1. The molecule has 2 aromatic carbocycles. The van der Waals surface area contributed by atoms with Crippen LogP contribution >= 0.6 is 11.3 Å². The van der Waals surface area contributed by atoms with E-state index in [0.717, 1.165) is 16.9 Å². The van der Waals surface area contributed by atoms with Crippen LogP contribution in [0.2, 0.25) is 0 Å². The molecule has 1 heterocycles. The van der Waals surface area contributed by atoms with Gasteiger partial charge in [0.15, 0.2) is 5.13 Å². The second-order valence-corrected chi connectivity index (χ2v) is 7.18. The summed E-state index contributed by atoms with van der Waals surface area (Å²) in [5, 5.41) is 8.23. The Morgan fingerprint density at radius 3 is 2.45 bits per heavy atom. The molecule has 9 heteroatoms. The Hall–Kier alpha value is -3.46. The molecule has 7 nitrogen and oxygen atoms in total. The molecule has 1 aromatic heterocycles. The van der Waals surface area contributed by atoms with E-state index in [1.54, 1.807) is 13.0 Å². The molecule has 0 saturated heterocycles. The van der Waals surface area contributed by atoms with Gasteiger partial charge in [0.25, 0.3) is 5.91 Å². The number of benzene rings is 2. The van der Waals surface area contributed by atoms with E-state index in [-0.39, 0.29) is 11.0 Å². The zero-order valence-corrected chi connectivity index (χ0v) is 16.8. The normalized spacial score (nSPS) is 10.3. The summed E-state index contributed by atoms with van der Waals surface area (Å²) >= 11 is 1.05. The molecule has 3 N–H and O–H groups in total. The zero-order chi connectivity index (χ0) is 21.0. The lowest BCUT2D eigenvalue weighted by molar-refractivity contribution is 0.102. The molecule has 0 saturated carbocycles. The third kappa shape index (κ3) is 5.08. The van der Waals surface area contributed by atoms with Crippen molar-refractivity contribution in [3.63, 3.8) is 0 Å². The number of carbonyl (C=O) groups is 2. The third-order valence-electron chi connectivity index (χ3n) is 3.93. The molecule has 0 unspecified atom stereocenters. The molecule has 0 aliphatic rings. The van der Waals surface area contributed by atoms with Gasteiger partial charge >= 0.3 is 6.03 Å². The number of hydrogen-bond donors (Lipinski definition) is 3. The van der Waals surface area contributed by atoms with Gasteiger partial charge in [-0.2, -0.15) is 0 Å². The first kappa shape index (κ1) is 20.3. The number of ether oxygens (including phenoxy) is 1. The van der Waals surface area contributed by atoms with Crippen molar-refractivity contribution in [3.8, 4) is 5.75 Å². The van der Waals surface area contributed by atoms with Gasteiger partial charge in [0, 0.05) is 5.69 Å². The fourth-order valence-electron chi connectivity index (χ4n) is 2.55. The number of rotatable bonds is 5. The lowest BCUT2D eigenvalue weighted by Crippen LogP contribution is -2.19. The standard InChI is InChI=1S/C20H19FN4O3S/c1-11-4-9-16(28-3)15(10-11)24-18(26)17-12(2)22-20(29-17)25-19(27)23-14-7-5-13(21)6-8-14/h4-10H,1-3H3,(H,24,26)(H2,22,23,25,27). The number of hydrogen-bond acceptors (Lipinski definition) is 5. The van der Waals surface area contributed by atoms with Crippen LogP contribution in [-0.4, -0.2) is 24.0 Å². The van der Waals surface area contributed by atoms with Crippen molar-refractivity contribution in [2.45, 2.75) is 13.8 Å². The van der Waals surface area contributed by atoms with E-state index >= 15 is 0 Å². The van der Waals surface area contributed by atoms with E-state index in [2.05, 4.69) is 20.9 Å². The molecule has 0 spiro atoms. The number of aryl methyl sites for hydroxylation is 2. The first-order chi connectivity index (χ1) is 13.9. The molecule has 0 aliphatic carbocycles. The summed E-state index contributed by atoms with van der Waals surface area (Å²) in [6.07, 6.45) is 0. The Balaban J connectivity index is 1.69. The second kappa shape index (κ2) is 8.70. The second-order valence-electron chi connectivity index (χ2n) is 6.18. The molecule has 0 fully saturated rings. The van der Waals surface area contributed by atoms with Gasteiger partial charge in [-0.3, -0.25) is 10.1 Å². The van der Waals surface area contributed by atoms with Crippen LogP contribution in [0.1, 0.15) is 20.9 Å². The number of amides is 3. The lowest BCUT2D eigenvalue weighted by Gasteiger charge is -2.10. The largest absolute Gasteiger partial charge is 0.495 e. The number of nitrogens with one attached hydrogen (secondary N) is 3. The van der Waals surface area contributed by atoms with Gasteiger partial charge in [-0.1, -0.05) is 17.4 Å². The number of halogens is 1. The van der Waals surface area contributed by atoms with Crippen molar-refractivity contribution < 1.29 is 18.7 Å². The third-order valence-corrected chi connectivity index (χ3v) is 5.00. The molecule has 0 radical (unpaired) electrons. The van der Waals surface area contributed by atoms with E-state index in [1.807, 2.05) is 19.1 Å². The Bertz CT molecular complexity index is 1050. The molecule has 3 aromatic rings. The SMILES string of the molecule is COc1ccc(C)cc1NC(=O)c1sc(NC(=O)Nc2ccc(F)cc2)nc1C. The summed E-state index contributed by atoms with van der Waals surface area (Å²) in [4.78, 5) is 29.4. The summed E-state index contributed by atoms with van der Waals surface area (Å²) in [6, 6.07) is 10.3. The van der Waals surface area contributed by atoms with Crippen LogP contribution in [-0.2, 0) is 0 Å². The molecule has 29 heavy (non-hydrogen) atoms. The summed E-state index contributed by atoms with van der Waals surface area (Å²) in [6.45, 7) is 3.59. The maximum atomic E-state index is 12.9. The quantitative estimate of drug-likeness (QED) is 0.559. The van der Waals surface area contributed by atoms with Crippen molar-refractivity contribution in [2.24, 2.45) is 0 Å². The van der Waals surface area contributed by atoms with Gasteiger partial charge in [0.1, 0.15) is 16.4 Å². The maximum absolute atomic E-state index is 12.9. The number of anilines is 3. The van der Waals surface area contributed by atoms with Crippen molar-refractivity contribution in [1.29, 1.82) is 0 Å². The molecule has 0 aliphatic heterocycles. The predicted octanol–water partition coefficient (Wildman–Crippen LogP) is 4.80. The zero-order valence-electron chi connectivity index (χ0n) is 16.0. The molecule has 3 amide bonds. The molecule has 150 valence electrons. The number of nitrogens with zero attached hydrogens (tertiary/aromatic N) is 1. The summed E-state index contributed by atoms with van der Waals surface area (Å²) in [7, 11) is 1.53. The van der Waals surface area contributed by atoms with Gasteiger partial charge in [0.2, 0.25) is 0 Å². The van der Waals surface area contributed by atoms with Crippen LogP contribution < -0.4 is 20.7 Å². The van der Waals surface area contributed by atoms with Gasteiger partial charge in [-0.05, 0) is 55.8 Å². The number of aromatic nitrogens is 1. The van der Waals surface area contributed by atoms with Gasteiger partial charge in [-0.15, -0.1) is 0 Å². The summed E-state index contributed by atoms with van der Waals surface area (Å²) in [5.74, 6) is -0.202. The van der Waals surface area contributed by atoms with E-state index in [4.69, 9.17) is 4.74 Å². The van der Waals surface area contributed by atoms with Crippen LogP contribution in [0, 0.1) is 19.7 Å². The fourth-order valence-corrected chi connectivity index (χ4v) is 3.41. The molecular weight excluding hydrogens is 395 g/mol. The molecule has 0 atom stereocenters. The Morgan fingerprint density at radius 1 is 1.03 bits per heavy atom. The minimum atomic E-state index is -0.544. The average molecular weight is 414 g/mol. The van der Waals surface area contributed by atoms with E-state index in [1.165, 1.54) is 31.4 Å².